The molecule has 0 radical (unpaired) electrons. The number of piperidine rings is 1. The molecule has 106 valence electrons. The molecule has 3 rings (SSSR count). The lowest BCUT2D eigenvalue weighted by Crippen LogP contribution is -2.48. The normalized spacial score (nSPS) is 21.2. The van der Waals surface area contributed by atoms with Gasteiger partial charge in [-0.15, -0.1) is 0 Å². The first-order valence-electron chi connectivity index (χ1n) is 7.37. The quantitative estimate of drug-likeness (QED) is 0.866. The summed E-state index contributed by atoms with van der Waals surface area (Å²) in [6.07, 6.45) is 5.21. The van der Waals surface area contributed by atoms with E-state index in [1.165, 1.54) is 24.0 Å². The van der Waals surface area contributed by atoms with Gasteiger partial charge in [0.2, 0.25) is 11.8 Å². The zero-order chi connectivity index (χ0) is 13.9. The van der Waals surface area contributed by atoms with Crippen molar-refractivity contribution in [2.75, 3.05) is 6.54 Å². The van der Waals surface area contributed by atoms with E-state index >= 15 is 0 Å². The highest BCUT2D eigenvalue weighted by Gasteiger charge is 2.20. The molecular formula is C16H20N2O2. The van der Waals surface area contributed by atoms with Gasteiger partial charge in [-0.3, -0.25) is 9.59 Å². The first kappa shape index (κ1) is 13.2. The minimum Gasteiger partial charge on any atom is -0.354 e. The molecule has 0 saturated carbocycles. The van der Waals surface area contributed by atoms with Crippen LogP contribution in [-0.4, -0.2) is 24.4 Å². The van der Waals surface area contributed by atoms with Crippen molar-refractivity contribution < 1.29 is 9.59 Å². The fourth-order valence-corrected chi connectivity index (χ4v) is 3.06. The summed E-state index contributed by atoms with van der Waals surface area (Å²) in [7, 11) is 0. The molecule has 4 heteroatoms. The van der Waals surface area contributed by atoms with Gasteiger partial charge in [0.05, 0.1) is 6.42 Å². The third kappa shape index (κ3) is 3.00. The molecule has 1 aromatic rings. The second-order valence-electron chi connectivity index (χ2n) is 5.74. The smallest absolute Gasteiger partial charge is 0.224 e. The van der Waals surface area contributed by atoms with Crippen molar-refractivity contribution in [1.82, 2.24) is 10.6 Å². The largest absolute Gasteiger partial charge is 0.354 e. The van der Waals surface area contributed by atoms with E-state index in [1.54, 1.807) is 0 Å². The number of carbonyl (C=O) groups excluding carboxylic acids is 2. The van der Waals surface area contributed by atoms with Crippen LogP contribution in [0, 0.1) is 0 Å². The molecule has 1 saturated heterocycles. The summed E-state index contributed by atoms with van der Waals surface area (Å²) in [5.74, 6) is 0.123. The molecule has 2 aliphatic rings. The van der Waals surface area contributed by atoms with Gasteiger partial charge in [-0.25, -0.2) is 0 Å². The molecule has 1 aromatic carbocycles. The van der Waals surface area contributed by atoms with E-state index in [-0.39, 0.29) is 17.9 Å². The van der Waals surface area contributed by atoms with Crippen LogP contribution >= 0.6 is 0 Å². The lowest BCUT2D eigenvalue weighted by atomic mass is 10.0. The summed E-state index contributed by atoms with van der Waals surface area (Å²) in [4.78, 5) is 23.1. The fraction of sp³-hybridized carbons (Fsp3) is 0.500. The predicted molar refractivity (Wildman–Crippen MR) is 76.3 cm³/mol. The van der Waals surface area contributed by atoms with Crippen LogP contribution in [0.4, 0.5) is 0 Å². The van der Waals surface area contributed by atoms with E-state index in [1.807, 2.05) is 0 Å². The van der Waals surface area contributed by atoms with E-state index < -0.39 is 0 Å². The van der Waals surface area contributed by atoms with E-state index in [9.17, 15) is 9.59 Å². The van der Waals surface area contributed by atoms with E-state index in [0.717, 1.165) is 18.4 Å². The van der Waals surface area contributed by atoms with Crippen molar-refractivity contribution in [1.29, 1.82) is 0 Å². The monoisotopic (exact) mass is 272 g/mol. The standard InChI is InChI=1S/C16H20N2O2/c19-15-7-6-14(10-17-15)18-16(20)9-11-4-5-12-2-1-3-13(12)8-11/h4-5,8,14H,1-3,6-7,9-10H2,(H,17,19)(H,18,20). The van der Waals surface area contributed by atoms with Crippen LogP contribution in [-0.2, 0) is 28.9 Å². The maximum Gasteiger partial charge on any atom is 0.224 e. The van der Waals surface area contributed by atoms with Gasteiger partial charge in [0.15, 0.2) is 0 Å². The minimum atomic E-state index is 0.0455. The third-order valence-corrected chi connectivity index (χ3v) is 4.16. The zero-order valence-corrected chi connectivity index (χ0v) is 11.6. The van der Waals surface area contributed by atoms with Crippen molar-refractivity contribution in [3.05, 3.63) is 34.9 Å². The Balaban J connectivity index is 1.55. The molecular weight excluding hydrogens is 252 g/mol. The number of aryl methyl sites for hydroxylation is 2. The molecule has 2 amide bonds. The molecule has 1 aliphatic carbocycles. The Morgan fingerprint density at radius 3 is 2.90 bits per heavy atom. The van der Waals surface area contributed by atoms with Crippen LogP contribution in [0.1, 0.15) is 36.0 Å². The molecule has 20 heavy (non-hydrogen) atoms. The number of amides is 2. The van der Waals surface area contributed by atoms with E-state index in [4.69, 9.17) is 0 Å². The lowest BCUT2D eigenvalue weighted by Gasteiger charge is -2.23. The number of fused-ring (bicyclic) bond motifs is 1. The van der Waals surface area contributed by atoms with Gasteiger partial charge in [-0.05, 0) is 42.4 Å². The highest BCUT2D eigenvalue weighted by Crippen LogP contribution is 2.23. The lowest BCUT2D eigenvalue weighted by molar-refractivity contribution is -0.125. The second-order valence-corrected chi connectivity index (χ2v) is 5.74. The van der Waals surface area contributed by atoms with Crippen LogP contribution in [0.25, 0.3) is 0 Å². The van der Waals surface area contributed by atoms with Crippen molar-refractivity contribution in [2.24, 2.45) is 0 Å². The molecule has 1 atom stereocenters. The van der Waals surface area contributed by atoms with Gasteiger partial charge in [-0.2, -0.15) is 0 Å². The predicted octanol–water partition coefficient (Wildman–Crippen LogP) is 1.11. The van der Waals surface area contributed by atoms with Crippen molar-refractivity contribution in [3.63, 3.8) is 0 Å². The maximum absolute atomic E-state index is 12.0. The van der Waals surface area contributed by atoms with Crippen LogP contribution < -0.4 is 10.6 Å². The average Bonchev–Trinajstić information content (AvgIpc) is 2.89. The van der Waals surface area contributed by atoms with Crippen LogP contribution in [0.3, 0.4) is 0 Å². The summed E-state index contributed by atoms with van der Waals surface area (Å²) in [6, 6.07) is 6.47. The number of hydrogen-bond donors (Lipinski definition) is 2. The molecule has 1 unspecified atom stereocenters. The Bertz CT molecular complexity index is 529. The first-order chi connectivity index (χ1) is 9.70. The van der Waals surface area contributed by atoms with Gasteiger partial charge in [0.25, 0.3) is 0 Å². The molecule has 0 spiro atoms. The molecule has 1 fully saturated rings. The summed E-state index contributed by atoms with van der Waals surface area (Å²) in [5.41, 5.74) is 3.92. The number of carbonyl (C=O) groups is 2. The Morgan fingerprint density at radius 2 is 2.10 bits per heavy atom. The third-order valence-electron chi connectivity index (χ3n) is 4.16. The van der Waals surface area contributed by atoms with E-state index in [2.05, 4.69) is 28.8 Å². The molecule has 1 aliphatic heterocycles. The number of rotatable bonds is 3. The van der Waals surface area contributed by atoms with Gasteiger partial charge in [-0.1, -0.05) is 18.2 Å². The number of benzene rings is 1. The molecule has 0 bridgehead atoms. The summed E-state index contributed by atoms with van der Waals surface area (Å²) >= 11 is 0. The highest BCUT2D eigenvalue weighted by atomic mass is 16.2. The van der Waals surface area contributed by atoms with Crippen LogP contribution in [0.5, 0.6) is 0 Å². The molecule has 1 heterocycles. The van der Waals surface area contributed by atoms with E-state index in [0.29, 0.717) is 19.4 Å². The van der Waals surface area contributed by atoms with Gasteiger partial charge >= 0.3 is 0 Å². The van der Waals surface area contributed by atoms with Gasteiger partial charge < -0.3 is 10.6 Å². The Morgan fingerprint density at radius 1 is 1.25 bits per heavy atom. The van der Waals surface area contributed by atoms with Crippen molar-refractivity contribution in [2.45, 2.75) is 44.6 Å². The van der Waals surface area contributed by atoms with Gasteiger partial charge in [0.1, 0.15) is 0 Å². The first-order valence-corrected chi connectivity index (χ1v) is 7.37. The Labute approximate surface area is 118 Å². The number of nitrogens with one attached hydrogen (secondary N) is 2. The van der Waals surface area contributed by atoms with Crippen molar-refractivity contribution in [3.8, 4) is 0 Å². The van der Waals surface area contributed by atoms with Crippen molar-refractivity contribution >= 4 is 11.8 Å². The second kappa shape index (κ2) is 5.65. The topological polar surface area (TPSA) is 58.2 Å². The zero-order valence-electron chi connectivity index (χ0n) is 11.6. The van der Waals surface area contributed by atoms with Crippen LogP contribution in [0.15, 0.2) is 18.2 Å². The SMILES string of the molecule is O=C1CCC(NC(=O)Cc2ccc3c(c2)CCC3)CN1. The summed E-state index contributed by atoms with van der Waals surface area (Å²) < 4.78 is 0. The maximum atomic E-state index is 12.0. The highest BCUT2D eigenvalue weighted by molar-refractivity contribution is 5.80. The Kier molecular flexibility index (Phi) is 3.72. The average molecular weight is 272 g/mol. The Hall–Kier alpha value is -1.84. The number of hydrogen-bond acceptors (Lipinski definition) is 2. The van der Waals surface area contributed by atoms with Crippen LogP contribution in [0.2, 0.25) is 0 Å². The summed E-state index contributed by atoms with van der Waals surface area (Å²) in [5, 5.41) is 5.78. The summed E-state index contributed by atoms with van der Waals surface area (Å²) in [6.45, 7) is 0.550. The molecule has 0 aromatic heterocycles. The minimum absolute atomic E-state index is 0.0455. The molecule has 4 nitrogen and oxygen atoms in total. The fourth-order valence-electron chi connectivity index (χ4n) is 3.06. The molecule has 2 N–H and O–H groups in total. The van der Waals surface area contributed by atoms with Gasteiger partial charge in [0, 0.05) is 19.0 Å².